The van der Waals surface area contributed by atoms with Crippen LogP contribution in [0.25, 0.3) is 5.69 Å². The smallest absolute Gasteiger partial charge is 0.289 e. The van der Waals surface area contributed by atoms with Crippen LogP contribution >= 0.6 is 27.5 Å². The van der Waals surface area contributed by atoms with Gasteiger partial charge in [0, 0.05) is 0 Å². The Morgan fingerprint density at radius 1 is 1.38 bits per heavy atom. The van der Waals surface area contributed by atoms with Crippen LogP contribution in [-0.4, -0.2) is 14.9 Å². The normalized spacial score (nSPS) is 10.4. The number of aromatic nitrogens is 2. The third kappa shape index (κ3) is 1.83. The molecule has 0 radical (unpaired) electrons. The number of benzene rings is 1. The summed E-state index contributed by atoms with van der Waals surface area (Å²) >= 11 is 8.93. The van der Waals surface area contributed by atoms with Crippen LogP contribution in [0.4, 0.5) is 0 Å². The second kappa shape index (κ2) is 4.27. The van der Waals surface area contributed by atoms with Gasteiger partial charge in [0.25, 0.3) is 5.56 Å². The summed E-state index contributed by atoms with van der Waals surface area (Å²) < 4.78 is 1.17. The zero-order valence-electron chi connectivity index (χ0n) is 7.89. The minimum Gasteiger partial charge on any atom is -0.505 e. The summed E-state index contributed by atoms with van der Waals surface area (Å²) in [5, 5.41) is 13.5. The van der Waals surface area contributed by atoms with Crippen molar-refractivity contribution < 1.29 is 5.11 Å². The summed E-state index contributed by atoms with van der Waals surface area (Å²) in [4.78, 5) is 11.8. The molecule has 1 aromatic carbocycles. The van der Waals surface area contributed by atoms with E-state index in [-0.39, 0.29) is 10.2 Å². The number of para-hydroxylation sites is 1. The Hall–Kier alpha value is -1.33. The van der Waals surface area contributed by atoms with Crippen molar-refractivity contribution >= 4 is 27.5 Å². The highest BCUT2D eigenvalue weighted by Crippen LogP contribution is 2.21. The maximum absolute atomic E-state index is 11.8. The molecule has 0 atom stereocenters. The van der Waals surface area contributed by atoms with Crippen LogP contribution in [0.3, 0.4) is 0 Å². The van der Waals surface area contributed by atoms with Crippen molar-refractivity contribution in [2.24, 2.45) is 0 Å². The Kier molecular flexibility index (Phi) is 2.98. The lowest BCUT2D eigenvalue weighted by molar-refractivity contribution is 0.463. The first kappa shape index (κ1) is 11.2. The molecule has 1 N–H and O–H groups in total. The molecule has 82 valence electrons. The number of hydrogen-bond donors (Lipinski definition) is 1. The summed E-state index contributed by atoms with van der Waals surface area (Å²) in [6, 6.07) is 6.83. The topological polar surface area (TPSA) is 55.1 Å². The van der Waals surface area contributed by atoms with Crippen molar-refractivity contribution in [3.63, 3.8) is 0 Å². The molecule has 16 heavy (non-hydrogen) atoms. The van der Waals surface area contributed by atoms with Gasteiger partial charge in [0.2, 0.25) is 0 Å². The van der Waals surface area contributed by atoms with E-state index in [1.165, 1.54) is 6.20 Å². The first-order valence-corrected chi connectivity index (χ1v) is 5.50. The molecule has 0 aliphatic heterocycles. The molecule has 0 aliphatic carbocycles. The van der Waals surface area contributed by atoms with Gasteiger partial charge in [-0.25, -0.2) is 0 Å². The minimum atomic E-state index is -0.465. The van der Waals surface area contributed by atoms with Gasteiger partial charge >= 0.3 is 0 Å². The number of nitrogens with zero attached hydrogens (tertiary/aromatic N) is 2. The lowest BCUT2D eigenvalue weighted by atomic mass is 10.3. The molecule has 1 aromatic heterocycles. The van der Waals surface area contributed by atoms with Gasteiger partial charge in [0.1, 0.15) is 4.47 Å². The summed E-state index contributed by atoms with van der Waals surface area (Å²) in [6.45, 7) is 0. The molecule has 0 aliphatic rings. The number of halogens is 2. The molecule has 6 heteroatoms. The Morgan fingerprint density at radius 2 is 2.06 bits per heavy atom. The van der Waals surface area contributed by atoms with Crippen LogP contribution in [-0.2, 0) is 0 Å². The van der Waals surface area contributed by atoms with E-state index in [0.29, 0.717) is 10.7 Å². The summed E-state index contributed by atoms with van der Waals surface area (Å²) in [5.74, 6) is -0.201. The lowest BCUT2D eigenvalue weighted by Gasteiger charge is -2.06. The highest BCUT2D eigenvalue weighted by Gasteiger charge is 2.10. The Labute approximate surface area is 104 Å². The van der Waals surface area contributed by atoms with Gasteiger partial charge in [-0.15, -0.1) is 0 Å². The fourth-order valence-corrected chi connectivity index (χ4v) is 1.71. The van der Waals surface area contributed by atoms with Crippen LogP contribution in [0.1, 0.15) is 0 Å². The zero-order valence-corrected chi connectivity index (χ0v) is 10.2. The number of rotatable bonds is 1. The molecule has 0 amide bonds. The molecule has 0 fully saturated rings. The van der Waals surface area contributed by atoms with E-state index in [4.69, 9.17) is 11.6 Å². The number of hydrogen-bond acceptors (Lipinski definition) is 3. The van der Waals surface area contributed by atoms with E-state index < -0.39 is 5.56 Å². The molecule has 4 nitrogen and oxygen atoms in total. The molecule has 2 aromatic rings. The molecule has 0 saturated heterocycles. The van der Waals surface area contributed by atoms with Crippen LogP contribution in [0, 0.1) is 0 Å². The molecule has 1 heterocycles. The van der Waals surface area contributed by atoms with Crippen LogP contribution < -0.4 is 5.56 Å². The van der Waals surface area contributed by atoms with Crippen molar-refractivity contribution in [3.8, 4) is 11.4 Å². The van der Waals surface area contributed by atoms with Crippen molar-refractivity contribution in [2.45, 2.75) is 0 Å². The van der Waals surface area contributed by atoms with Gasteiger partial charge in [-0.3, -0.25) is 4.79 Å². The van der Waals surface area contributed by atoms with E-state index >= 15 is 0 Å². The van der Waals surface area contributed by atoms with Crippen molar-refractivity contribution in [1.29, 1.82) is 0 Å². The van der Waals surface area contributed by atoms with E-state index in [1.807, 2.05) is 0 Å². The van der Waals surface area contributed by atoms with Gasteiger partial charge in [-0.1, -0.05) is 23.7 Å². The zero-order chi connectivity index (χ0) is 11.7. The first-order chi connectivity index (χ1) is 7.61. The second-order valence-corrected chi connectivity index (χ2v) is 4.21. The molecular weight excluding hydrogens is 295 g/mol. The SMILES string of the molecule is O=c1c(Br)c(O)cnn1-c1ccccc1Cl. The lowest BCUT2D eigenvalue weighted by Crippen LogP contribution is -2.21. The average molecular weight is 302 g/mol. The maximum Gasteiger partial charge on any atom is 0.289 e. The van der Waals surface area contributed by atoms with E-state index in [9.17, 15) is 9.90 Å². The quantitative estimate of drug-likeness (QED) is 0.879. The second-order valence-electron chi connectivity index (χ2n) is 3.01. The average Bonchev–Trinajstić information content (AvgIpc) is 2.28. The highest BCUT2D eigenvalue weighted by atomic mass is 79.9. The Bertz CT molecular complexity index is 598. The van der Waals surface area contributed by atoms with Gasteiger partial charge in [-0.2, -0.15) is 9.78 Å². The van der Waals surface area contributed by atoms with Gasteiger partial charge < -0.3 is 5.11 Å². The van der Waals surface area contributed by atoms with Gasteiger partial charge in [0.05, 0.1) is 16.9 Å². The predicted octanol–water partition coefficient (Wildman–Crippen LogP) is 2.35. The van der Waals surface area contributed by atoms with Gasteiger partial charge in [-0.05, 0) is 28.1 Å². The molecule has 0 unspecified atom stereocenters. The Morgan fingerprint density at radius 3 is 2.75 bits per heavy atom. The summed E-state index contributed by atoms with van der Waals surface area (Å²) in [5.41, 5.74) is 0.00275. The molecule has 0 spiro atoms. The third-order valence-electron chi connectivity index (χ3n) is 1.98. The molecule has 2 rings (SSSR count). The monoisotopic (exact) mass is 300 g/mol. The van der Waals surface area contributed by atoms with E-state index in [1.54, 1.807) is 24.3 Å². The number of aromatic hydroxyl groups is 1. The standard InChI is InChI=1S/C10H6BrClN2O2/c11-9-8(15)5-13-14(10(9)16)7-4-2-1-3-6(7)12/h1-5,15H. The molecular formula is C10H6BrClN2O2. The molecule has 0 saturated carbocycles. The fraction of sp³-hybridized carbons (Fsp3) is 0. The third-order valence-corrected chi connectivity index (χ3v) is 3.05. The van der Waals surface area contributed by atoms with Crippen LogP contribution in [0.2, 0.25) is 5.02 Å². The highest BCUT2D eigenvalue weighted by molar-refractivity contribution is 9.10. The minimum absolute atomic E-state index is 0.0578. The van der Waals surface area contributed by atoms with Crippen molar-refractivity contribution in [1.82, 2.24) is 9.78 Å². The fourth-order valence-electron chi connectivity index (χ4n) is 1.22. The first-order valence-electron chi connectivity index (χ1n) is 4.33. The largest absolute Gasteiger partial charge is 0.505 e. The van der Waals surface area contributed by atoms with Crippen molar-refractivity contribution in [2.75, 3.05) is 0 Å². The van der Waals surface area contributed by atoms with Crippen molar-refractivity contribution in [3.05, 3.63) is 50.3 Å². The predicted molar refractivity (Wildman–Crippen MR) is 64.2 cm³/mol. The summed E-state index contributed by atoms with van der Waals surface area (Å²) in [6.07, 6.45) is 1.18. The van der Waals surface area contributed by atoms with Gasteiger partial charge in [0.15, 0.2) is 5.75 Å². The maximum atomic E-state index is 11.8. The summed E-state index contributed by atoms with van der Waals surface area (Å²) in [7, 11) is 0. The van der Waals surface area contributed by atoms with E-state index in [2.05, 4.69) is 21.0 Å². The van der Waals surface area contributed by atoms with Crippen LogP contribution in [0.5, 0.6) is 5.75 Å². The van der Waals surface area contributed by atoms with E-state index in [0.717, 1.165) is 4.68 Å². The Balaban J connectivity index is 2.72. The van der Waals surface area contributed by atoms with Crippen LogP contribution in [0.15, 0.2) is 39.7 Å². The molecule has 0 bridgehead atoms.